The van der Waals surface area contributed by atoms with Crippen LogP contribution in [0.1, 0.15) is 92.4 Å². The van der Waals surface area contributed by atoms with Gasteiger partial charge in [0.15, 0.2) is 11.3 Å². The Balaban J connectivity index is 4.95. The maximum absolute atomic E-state index is 12.7. The van der Waals surface area contributed by atoms with Crippen molar-refractivity contribution in [3.8, 4) is 0 Å². The molecule has 0 bridgehead atoms. The van der Waals surface area contributed by atoms with Crippen molar-refractivity contribution < 1.29 is 38.1 Å². The summed E-state index contributed by atoms with van der Waals surface area (Å²) in [6.45, 7) is 9.64. The lowest BCUT2D eigenvalue weighted by Gasteiger charge is -2.29. The number of hydrogen-bond acceptors (Lipinski definition) is 8. The van der Waals surface area contributed by atoms with Gasteiger partial charge < -0.3 is 18.9 Å². The molecule has 0 fully saturated rings. The molecule has 0 aromatic carbocycles. The molecule has 0 aromatic rings. The molecule has 0 radical (unpaired) electrons. The highest BCUT2D eigenvalue weighted by Crippen LogP contribution is 2.35. The molecule has 0 amide bonds. The molecular formula is C24H42O8. The molecule has 0 saturated carbocycles. The molecule has 0 aromatic heterocycles. The summed E-state index contributed by atoms with van der Waals surface area (Å²) in [4.78, 5) is 49.6. The van der Waals surface area contributed by atoms with Gasteiger partial charge in [0, 0.05) is 0 Å². The largest absolute Gasteiger partial charge is 0.465 e. The lowest BCUT2D eigenvalue weighted by molar-refractivity contribution is -0.174. The highest BCUT2D eigenvalue weighted by atomic mass is 16.6. The van der Waals surface area contributed by atoms with Crippen molar-refractivity contribution in [1.29, 1.82) is 0 Å². The molecule has 0 saturated heterocycles. The number of carbonyl (C=O) groups is 4. The van der Waals surface area contributed by atoms with Crippen LogP contribution in [0.3, 0.4) is 0 Å². The van der Waals surface area contributed by atoms with E-state index in [1.54, 1.807) is 27.7 Å². The summed E-state index contributed by atoms with van der Waals surface area (Å²) >= 11 is 0. The summed E-state index contributed by atoms with van der Waals surface area (Å²) in [5.41, 5.74) is -1.28. The van der Waals surface area contributed by atoms with Crippen LogP contribution in [-0.2, 0) is 38.1 Å². The molecule has 8 heteroatoms. The molecule has 0 aliphatic rings. The minimum Gasteiger partial charge on any atom is -0.465 e. The maximum atomic E-state index is 12.7. The van der Waals surface area contributed by atoms with E-state index in [1.807, 2.05) is 6.92 Å². The SMILES string of the molecule is CCCCC(CCCCCCC(C(=O)OCC)C(=O)OCC)(C(=O)OCC)C(=O)OCC. The van der Waals surface area contributed by atoms with E-state index in [2.05, 4.69) is 0 Å². The van der Waals surface area contributed by atoms with Crippen LogP contribution < -0.4 is 0 Å². The summed E-state index contributed by atoms with van der Waals surface area (Å²) < 4.78 is 20.5. The van der Waals surface area contributed by atoms with Crippen LogP contribution in [0.2, 0.25) is 0 Å². The number of carbonyl (C=O) groups excluding carboxylic acids is 4. The molecule has 0 N–H and O–H groups in total. The van der Waals surface area contributed by atoms with Crippen LogP contribution >= 0.6 is 0 Å². The Kier molecular flexibility index (Phi) is 16.3. The fourth-order valence-electron chi connectivity index (χ4n) is 3.58. The van der Waals surface area contributed by atoms with Crippen molar-refractivity contribution in [3.63, 3.8) is 0 Å². The molecule has 0 heterocycles. The minimum absolute atomic E-state index is 0.204. The lowest BCUT2D eigenvalue weighted by Crippen LogP contribution is -2.42. The minimum atomic E-state index is -1.28. The fourth-order valence-corrected chi connectivity index (χ4v) is 3.58. The quantitative estimate of drug-likeness (QED) is 0.129. The van der Waals surface area contributed by atoms with E-state index in [-0.39, 0.29) is 26.4 Å². The zero-order chi connectivity index (χ0) is 24.4. The Hall–Kier alpha value is -2.12. The standard InChI is InChI=1S/C24H42O8/c1-6-11-17-24(22(27)31-9-4,23(28)32-10-5)18-15-13-12-14-16-19(20(25)29-7-2)21(26)30-8-3/h19H,6-18H2,1-5H3. The Morgan fingerprint density at radius 3 is 1.47 bits per heavy atom. The monoisotopic (exact) mass is 458 g/mol. The van der Waals surface area contributed by atoms with Crippen molar-refractivity contribution in [1.82, 2.24) is 0 Å². The maximum Gasteiger partial charge on any atom is 0.323 e. The Labute approximate surface area is 192 Å². The predicted molar refractivity (Wildman–Crippen MR) is 120 cm³/mol. The molecule has 0 aliphatic heterocycles. The van der Waals surface area contributed by atoms with E-state index in [1.165, 1.54) is 0 Å². The normalized spacial score (nSPS) is 11.2. The predicted octanol–water partition coefficient (Wildman–Crippen LogP) is 4.37. The number of esters is 4. The smallest absolute Gasteiger partial charge is 0.323 e. The Morgan fingerprint density at radius 2 is 1.03 bits per heavy atom. The van der Waals surface area contributed by atoms with Gasteiger partial charge in [-0.15, -0.1) is 0 Å². The summed E-state index contributed by atoms with van der Waals surface area (Å²) in [6.07, 6.45) is 5.40. The molecule has 0 spiro atoms. The van der Waals surface area contributed by atoms with Crippen LogP contribution in [0.4, 0.5) is 0 Å². The second kappa shape index (κ2) is 17.4. The number of ether oxygens (including phenoxy) is 4. The third kappa shape index (κ3) is 10.0. The first-order valence-corrected chi connectivity index (χ1v) is 12.0. The topological polar surface area (TPSA) is 105 Å². The second-order valence-corrected chi connectivity index (χ2v) is 7.64. The van der Waals surface area contributed by atoms with E-state index in [0.29, 0.717) is 32.1 Å². The Morgan fingerprint density at radius 1 is 0.594 bits per heavy atom. The highest BCUT2D eigenvalue weighted by molar-refractivity contribution is 6.00. The summed E-state index contributed by atoms with van der Waals surface area (Å²) in [5.74, 6) is -3.07. The first kappa shape index (κ1) is 29.9. The first-order valence-electron chi connectivity index (χ1n) is 12.0. The van der Waals surface area contributed by atoms with Gasteiger partial charge in [-0.2, -0.15) is 0 Å². The fraction of sp³-hybridized carbons (Fsp3) is 0.833. The molecule has 8 nitrogen and oxygen atoms in total. The van der Waals surface area contributed by atoms with Gasteiger partial charge >= 0.3 is 23.9 Å². The van der Waals surface area contributed by atoms with E-state index >= 15 is 0 Å². The van der Waals surface area contributed by atoms with Gasteiger partial charge in [0.25, 0.3) is 0 Å². The molecule has 32 heavy (non-hydrogen) atoms. The van der Waals surface area contributed by atoms with Gasteiger partial charge in [0.05, 0.1) is 26.4 Å². The van der Waals surface area contributed by atoms with Crippen LogP contribution in [-0.4, -0.2) is 50.3 Å². The van der Waals surface area contributed by atoms with Gasteiger partial charge in [0.2, 0.25) is 0 Å². The molecule has 0 unspecified atom stereocenters. The Bertz CT molecular complexity index is 536. The van der Waals surface area contributed by atoms with Crippen molar-refractivity contribution in [2.45, 2.75) is 92.4 Å². The van der Waals surface area contributed by atoms with Gasteiger partial charge in [-0.05, 0) is 47.0 Å². The van der Waals surface area contributed by atoms with E-state index in [0.717, 1.165) is 25.7 Å². The summed E-state index contributed by atoms with van der Waals surface area (Å²) in [7, 11) is 0. The molecule has 0 aliphatic carbocycles. The lowest BCUT2D eigenvalue weighted by atomic mass is 9.78. The third-order valence-corrected chi connectivity index (χ3v) is 5.28. The highest BCUT2D eigenvalue weighted by Gasteiger charge is 2.47. The third-order valence-electron chi connectivity index (χ3n) is 5.28. The van der Waals surface area contributed by atoms with Gasteiger partial charge in [0.1, 0.15) is 0 Å². The molecule has 0 rings (SSSR count). The summed E-state index contributed by atoms with van der Waals surface area (Å²) in [6, 6.07) is 0. The molecule has 0 atom stereocenters. The summed E-state index contributed by atoms with van der Waals surface area (Å²) in [5, 5.41) is 0. The molecule has 186 valence electrons. The number of unbranched alkanes of at least 4 members (excludes halogenated alkanes) is 4. The average molecular weight is 459 g/mol. The van der Waals surface area contributed by atoms with Crippen LogP contribution in [0.25, 0.3) is 0 Å². The number of hydrogen-bond donors (Lipinski definition) is 0. The van der Waals surface area contributed by atoms with Gasteiger partial charge in [-0.3, -0.25) is 19.2 Å². The van der Waals surface area contributed by atoms with Crippen LogP contribution in [0.5, 0.6) is 0 Å². The molecular weight excluding hydrogens is 416 g/mol. The van der Waals surface area contributed by atoms with Crippen molar-refractivity contribution in [3.05, 3.63) is 0 Å². The van der Waals surface area contributed by atoms with Crippen molar-refractivity contribution >= 4 is 23.9 Å². The van der Waals surface area contributed by atoms with Crippen molar-refractivity contribution in [2.24, 2.45) is 11.3 Å². The van der Waals surface area contributed by atoms with Crippen molar-refractivity contribution in [2.75, 3.05) is 26.4 Å². The van der Waals surface area contributed by atoms with Gasteiger partial charge in [-0.25, -0.2) is 0 Å². The van der Waals surface area contributed by atoms with Crippen LogP contribution in [0.15, 0.2) is 0 Å². The van der Waals surface area contributed by atoms with E-state index < -0.39 is 35.2 Å². The zero-order valence-corrected chi connectivity index (χ0v) is 20.5. The zero-order valence-electron chi connectivity index (χ0n) is 20.5. The second-order valence-electron chi connectivity index (χ2n) is 7.64. The average Bonchev–Trinajstić information content (AvgIpc) is 2.75. The van der Waals surface area contributed by atoms with E-state index in [9.17, 15) is 19.2 Å². The number of rotatable bonds is 18. The van der Waals surface area contributed by atoms with Gasteiger partial charge in [-0.1, -0.05) is 45.4 Å². The van der Waals surface area contributed by atoms with E-state index in [4.69, 9.17) is 18.9 Å². The van der Waals surface area contributed by atoms with Crippen LogP contribution in [0, 0.1) is 11.3 Å². The first-order chi connectivity index (χ1) is 15.3.